The van der Waals surface area contributed by atoms with E-state index < -0.39 is 11.6 Å². The highest BCUT2D eigenvalue weighted by atomic mass is 16.3. The lowest BCUT2D eigenvalue weighted by Gasteiger charge is -2.38. The second-order valence-corrected chi connectivity index (χ2v) is 6.30. The van der Waals surface area contributed by atoms with Crippen molar-refractivity contribution < 1.29 is 9.90 Å². The minimum absolute atomic E-state index is 0.0240. The number of nitrogens with two attached hydrogens (primary N) is 1. The molecule has 0 saturated carbocycles. The predicted molar refractivity (Wildman–Crippen MR) is 82.7 cm³/mol. The van der Waals surface area contributed by atoms with Crippen LogP contribution in [-0.4, -0.2) is 59.1 Å². The van der Waals surface area contributed by atoms with Gasteiger partial charge >= 0.3 is 0 Å². The zero-order chi connectivity index (χ0) is 15.5. The number of amides is 1. The number of rotatable bonds is 4. The Morgan fingerprint density at radius 2 is 1.81 bits per heavy atom. The molecule has 1 aromatic carbocycles. The number of hydrogen-bond acceptors (Lipinski definition) is 4. The van der Waals surface area contributed by atoms with Crippen molar-refractivity contribution in [1.82, 2.24) is 9.80 Å². The largest absolute Gasteiger partial charge is 0.389 e. The zero-order valence-corrected chi connectivity index (χ0v) is 12.8. The van der Waals surface area contributed by atoms with Crippen LogP contribution >= 0.6 is 0 Å². The maximum atomic E-state index is 12.4. The van der Waals surface area contributed by atoms with Crippen molar-refractivity contribution in [3.8, 4) is 0 Å². The molecule has 0 spiro atoms. The van der Waals surface area contributed by atoms with Gasteiger partial charge < -0.3 is 15.7 Å². The van der Waals surface area contributed by atoms with Crippen molar-refractivity contribution in [1.29, 1.82) is 0 Å². The van der Waals surface area contributed by atoms with Crippen molar-refractivity contribution in [2.45, 2.75) is 25.5 Å². The van der Waals surface area contributed by atoms with Gasteiger partial charge in [0.15, 0.2) is 0 Å². The number of carbonyl (C=O) groups is 1. The van der Waals surface area contributed by atoms with Crippen LogP contribution in [0.4, 0.5) is 0 Å². The van der Waals surface area contributed by atoms with E-state index in [-0.39, 0.29) is 5.91 Å². The maximum Gasteiger partial charge on any atom is 0.244 e. The highest BCUT2D eigenvalue weighted by molar-refractivity contribution is 5.83. The summed E-state index contributed by atoms with van der Waals surface area (Å²) in [6.07, 6.45) is 0. The van der Waals surface area contributed by atoms with Crippen LogP contribution in [0.1, 0.15) is 25.5 Å². The molecule has 0 aromatic heterocycles. The monoisotopic (exact) mass is 291 g/mol. The molecule has 5 nitrogen and oxygen atoms in total. The Labute approximate surface area is 126 Å². The van der Waals surface area contributed by atoms with E-state index >= 15 is 0 Å². The summed E-state index contributed by atoms with van der Waals surface area (Å²) in [5.74, 6) is -0.0240. The molecule has 3 N–H and O–H groups in total. The summed E-state index contributed by atoms with van der Waals surface area (Å²) >= 11 is 0. The molecule has 0 radical (unpaired) electrons. The molecule has 1 aliphatic rings. The number of nitrogens with zero attached hydrogens (tertiary/aromatic N) is 2. The highest BCUT2D eigenvalue weighted by Gasteiger charge is 2.27. The molecule has 2 rings (SSSR count). The van der Waals surface area contributed by atoms with Gasteiger partial charge in [0.25, 0.3) is 0 Å². The summed E-state index contributed by atoms with van der Waals surface area (Å²) in [6.45, 7) is 7.10. The zero-order valence-electron chi connectivity index (χ0n) is 12.8. The van der Waals surface area contributed by atoms with Gasteiger partial charge in [-0.05, 0) is 19.4 Å². The van der Waals surface area contributed by atoms with Crippen LogP contribution in [0.25, 0.3) is 0 Å². The summed E-state index contributed by atoms with van der Waals surface area (Å²) in [5.41, 5.74) is 6.21. The molecule has 1 amide bonds. The normalized spacial score (nSPS) is 18.6. The van der Waals surface area contributed by atoms with Gasteiger partial charge in [-0.3, -0.25) is 9.69 Å². The molecule has 5 heteroatoms. The van der Waals surface area contributed by atoms with Crippen molar-refractivity contribution in [3.05, 3.63) is 35.9 Å². The first kappa shape index (κ1) is 15.9. The van der Waals surface area contributed by atoms with Crippen LogP contribution in [-0.2, 0) is 4.79 Å². The lowest BCUT2D eigenvalue weighted by molar-refractivity contribution is -0.134. The number of carbonyl (C=O) groups excluding carboxylic acids is 1. The Hall–Kier alpha value is -1.43. The van der Waals surface area contributed by atoms with Crippen molar-refractivity contribution in [2.75, 3.05) is 32.7 Å². The fourth-order valence-corrected chi connectivity index (χ4v) is 2.67. The average Bonchev–Trinajstić information content (AvgIpc) is 2.46. The van der Waals surface area contributed by atoms with Crippen LogP contribution in [0.15, 0.2) is 30.3 Å². The highest BCUT2D eigenvalue weighted by Crippen LogP contribution is 2.15. The van der Waals surface area contributed by atoms with E-state index in [1.165, 1.54) is 0 Å². The molecule has 1 aromatic rings. The number of benzene rings is 1. The smallest absolute Gasteiger partial charge is 0.244 e. The second kappa shape index (κ2) is 6.56. The molecule has 21 heavy (non-hydrogen) atoms. The number of β-amino-alcohol motifs (C(OH)–C–C–N with tert-alkyl or cyclic N) is 1. The quantitative estimate of drug-likeness (QED) is 0.852. The van der Waals surface area contributed by atoms with Gasteiger partial charge in [0.2, 0.25) is 5.91 Å². The molecular weight excluding hydrogens is 266 g/mol. The topological polar surface area (TPSA) is 69.8 Å². The second-order valence-electron chi connectivity index (χ2n) is 6.30. The molecule has 1 atom stereocenters. The first-order valence-electron chi connectivity index (χ1n) is 7.41. The molecule has 1 saturated heterocycles. The van der Waals surface area contributed by atoms with Crippen molar-refractivity contribution in [3.63, 3.8) is 0 Å². The number of hydrogen-bond donors (Lipinski definition) is 2. The predicted octanol–water partition coefficient (Wildman–Crippen LogP) is 0.602. The summed E-state index contributed by atoms with van der Waals surface area (Å²) in [7, 11) is 0. The van der Waals surface area contributed by atoms with Gasteiger partial charge in [-0.1, -0.05) is 30.3 Å². The van der Waals surface area contributed by atoms with Crippen LogP contribution < -0.4 is 5.73 Å². The third-order valence-electron chi connectivity index (χ3n) is 3.72. The van der Waals surface area contributed by atoms with Gasteiger partial charge in [0.05, 0.1) is 5.60 Å². The van der Waals surface area contributed by atoms with Crippen LogP contribution in [0.5, 0.6) is 0 Å². The van der Waals surface area contributed by atoms with Crippen molar-refractivity contribution >= 4 is 5.91 Å². The molecule has 1 aliphatic heterocycles. The standard InChI is InChI=1S/C16H25N3O2/c1-16(2,21)12-18-8-10-19(11-9-18)15(20)14(17)13-6-4-3-5-7-13/h3-7,14,21H,8-12,17H2,1-2H3/t14-/m1/s1. The summed E-state index contributed by atoms with van der Waals surface area (Å²) in [5, 5.41) is 9.84. The van der Waals surface area contributed by atoms with E-state index in [9.17, 15) is 9.90 Å². The molecule has 116 valence electrons. The lowest BCUT2D eigenvalue weighted by Crippen LogP contribution is -2.53. The Morgan fingerprint density at radius 3 is 2.33 bits per heavy atom. The maximum absolute atomic E-state index is 12.4. The molecule has 1 heterocycles. The number of piperazine rings is 1. The molecule has 0 bridgehead atoms. The summed E-state index contributed by atoms with van der Waals surface area (Å²) in [4.78, 5) is 16.4. The first-order chi connectivity index (χ1) is 9.87. The minimum atomic E-state index is -0.702. The van der Waals surface area contributed by atoms with E-state index in [2.05, 4.69) is 4.90 Å². The molecule has 0 unspecified atom stereocenters. The fraction of sp³-hybridized carbons (Fsp3) is 0.562. The van der Waals surface area contributed by atoms with Gasteiger partial charge in [0, 0.05) is 32.7 Å². The Balaban J connectivity index is 1.89. The lowest BCUT2D eigenvalue weighted by atomic mass is 10.1. The summed E-state index contributed by atoms with van der Waals surface area (Å²) < 4.78 is 0. The van der Waals surface area contributed by atoms with Gasteiger partial charge in [-0.15, -0.1) is 0 Å². The molecule has 1 fully saturated rings. The van der Waals surface area contributed by atoms with Gasteiger partial charge in [0.1, 0.15) is 6.04 Å². The van der Waals surface area contributed by atoms with Crippen molar-refractivity contribution in [2.24, 2.45) is 5.73 Å². The SMILES string of the molecule is CC(C)(O)CN1CCN(C(=O)[C@H](N)c2ccccc2)CC1. The minimum Gasteiger partial charge on any atom is -0.389 e. The molecule has 0 aliphatic carbocycles. The fourth-order valence-electron chi connectivity index (χ4n) is 2.67. The van der Waals surface area contributed by atoms with Crippen LogP contribution in [0, 0.1) is 0 Å². The van der Waals surface area contributed by atoms with E-state index in [1.54, 1.807) is 13.8 Å². The van der Waals surface area contributed by atoms with Gasteiger partial charge in [-0.25, -0.2) is 0 Å². The molecular formula is C16H25N3O2. The Morgan fingerprint density at radius 1 is 1.24 bits per heavy atom. The first-order valence-corrected chi connectivity index (χ1v) is 7.41. The van der Waals surface area contributed by atoms with E-state index in [4.69, 9.17) is 5.73 Å². The third-order valence-corrected chi connectivity index (χ3v) is 3.72. The van der Waals surface area contributed by atoms with Gasteiger partial charge in [-0.2, -0.15) is 0 Å². The third kappa shape index (κ3) is 4.52. The van der Waals surface area contributed by atoms with E-state index in [0.717, 1.165) is 18.7 Å². The van der Waals surface area contributed by atoms with E-state index in [1.807, 2.05) is 35.2 Å². The number of aliphatic hydroxyl groups is 1. The Kier molecular flexibility index (Phi) is 4.98. The Bertz CT molecular complexity index is 462. The average molecular weight is 291 g/mol. The van der Waals surface area contributed by atoms with Crippen LogP contribution in [0.3, 0.4) is 0 Å². The summed E-state index contributed by atoms with van der Waals surface area (Å²) in [6, 6.07) is 8.87. The van der Waals surface area contributed by atoms with Crippen LogP contribution in [0.2, 0.25) is 0 Å². The van der Waals surface area contributed by atoms with E-state index in [0.29, 0.717) is 19.6 Å².